The molecular weight excluding hydrogens is 395 g/mol. The van der Waals surface area contributed by atoms with E-state index in [1.807, 2.05) is 19.1 Å². The minimum atomic E-state index is -4.12. The van der Waals surface area contributed by atoms with Crippen molar-refractivity contribution in [3.63, 3.8) is 0 Å². The van der Waals surface area contributed by atoms with Gasteiger partial charge in [0.1, 0.15) is 15.7 Å². The molecule has 3 aromatic carbocycles. The van der Waals surface area contributed by atoms with E-state index in [0.29, 0.717) is 23.1 Å². The summed E-state index contributed by atoms with van der Waals surface area (Å²) >= 11 is 12.0. The van der Waals surface area contributed by atoms with Crippen molar-refractivity contribution < 1.29 is 17.3 Å². The Morgan fingerprint density at radius 1 is 0.885 bits per heavy atom. The fourth-order valence-corrected chi connectivity index (χ4v) is 4.03. The highest BCUT2D eigenvalue weighted by Crippen LogP contribution is 2.36. The van der Waals surface area contributed by atoms with Crippen molar-refractivity contribution in [1.29, 1.82) is 0 Å². The summed E-state index contributed by atoms with van der Waals surface area (Å²) in [5, 5.41) is 1.47. The molecule has 0 amide bonds. The van der Waals surface area contributed by atoms with E-state index in [4.69, 9.17) is 32.1 Å². The van der Waals surface area contributed by atoms with Gasteiger partial charge < -0.3 is 8.92 Å². The predicted molar refractivity (Wildman–Crippen MR) is 104 cm³/mol. The molecule has 0 N–H and O–H groups in total. The summed E-state index contributed by atoms with van der Waals surface area (Å²) in [5.74, 6) is 0.608. The third-order valence-electron chi connectivity index (χ3n) is 3.69. The fraction of sp³-hybridized carbons (Fsp3) is 0.158. The minimum Gasteiger partial charge on any atom is -0.493 e. The SMILES string of the molecule is CCCOc1ccc(S(=O)(=O)Oc2cccc(Cl)c2Cl)c2ccccc12. The molecule has 3 rings (SSSR count). The molecule has 0 aliphatic rings. The monoisotopic (exact) mass is 410 g/mol. The van der Waals surface area contributed by atoms with Gasteiger partial charge in [0.2, 0.25) is 0 Å². The van der Waals surface area contributed by atoms with Crippen LogP contribution >= 0.6 is 23.2 Å². The van der Waals surface area contributed by atoms with Crippen molar-refractivity contribution in [2.75, 3.05) is 6.61 Å². The van der Waals surface area contributed by atoms with E-state index < -0.39 is 10.1 Å². The molecule has 0 saturated carbocycles. The summed E-state index contributed by atoms with van der Waals surface area (Å²) in [4.78, 5) is 0.0352. The van der Waals surface area contributed by atoms with E-state index >= 15 is 0 Å². The van der Waals surface area contributed by atoms with Crippen LogP contribution in [0.3, 0.4) is 0 Å². The first-order valence-corrected chi connectivity index (χ1v) is 10.1. The second kappa shape index (κ2) is 7.74. The van der Waals surface area contributed by atoms with Crippen LogP contribution < -0.4 is 8.92 Å². The third-order valence-corrected chi connectivity index (χ3v) is 5.79. The third kappa shape index (κ3) is 3.75. The lowest BCUT2D eigenvalue weighted by atomic mass is 10.1. The maximum Gasteiger partial charge on any atom is 0.339 e. The maximum atomic E-state index is 12.8. The lowest BCUT2D eigenvalue weighted by molar-refractivity contribution is 0.321. The Labute approximate surface area is 162 Å². The van der Waals surface area contributed by atoms with Crippen molar-refractivity contribution in [3.05, 3.63) is 64.6 Å². The standard InChI is InChI=1S/C19H16Cl2O4S/c1-2-12-24-16-10-11-18(14-7-4-3-6-13(14)16)26(22,23)25-17-9-5-8-15(20)19(17)21/h3-11H,2,12H2,1H3. The van der Waals surface area contributed by atoms with Gasteiger partial charge in [0, 0.05) is 10.8 Å². The maximum absolute atomic E-state index is 12.8. The normalized spacial score (nSPS) is 11.5. The number of rotatable bonds is 6. The Morgan fingerprint density at radius 3 is 2.35 bits per heavy atom. The Balaban J connectivity index is 2.08. The van der Waals surface area contributed by atoms with Crippen LogP contribution in [0.15, 0.2) is 59.5 Å². The van der Waals surface area contributed by atoms with Gasteiger partial charge in [-0.3, -0.25) is 0 Å². The van der Waals surface area contributed by atoms with Gasteiger partial charge in [0.25, 0.3) is 0 Å². The molecule has 0 heterocycles. The van der Waals surface area contributed by atoms with E-state index in [2.05, 4.69) is 0 Å². The minimum absolute atomic E-state index is 0.0189. The van der Waals surface area contributed by atoms with Crippen molar-refractivity contribution in [2.24, 2.45) is 0 Å². The van der Waals surface area contributed by atoms with E-state index in [1.165, 1.54) is 12.1 Å². The Bertz CT molecular complexity index is 1050. The molecule has 0 bridgehead atoms. The first kappa shape index (κ1) is 18.8. The lowest BCUT2D eigenvalue weighted by Crippen LogP contribution is -2.11. The topological polar surface area (TPSA) is 52.6 Å². The molecule has 4 nitrogen and oxygen atoms in total. The molecule has 0 spiro atoms. The first-order valence-electron chi connectivity index (χ1n) is 7.97. The summed E-state index contributed by atoms with van der Waals surface area (Å²) in [6, 6.07) is 14.8. The van der Waals surface area contributed by atoms with Gasteiger partial charge in [0.15, 0.2) is 5.75 Å². The number of benzene rings is 3. The lowest BCUT2D eigenvalue weighted by Gasteiger charge is -2.14. The van der Waals surface area contributed by atoms with E-state index in [0.717, 1.165) is 6.42 Å². The van der Waals surface area contributed by atoms with Gasteiger partial charge in [-0.05, 0) is 30.7 Å². The molecule has 0 saturated heterocycles. The quantitative estimate of drug-likeness (QED) is 0.488. The van der Waals surface area contributed by atoms with Crippen LogP contribution in [0.5, 0.6) is 11.5 Å². The highest BCUT2D eigenvalue weighted by Gasteiger charge is 2.23. The van der Waals surface area contributed by atoms with Crippen LogP contribution in [0.4, 0.5) is 0 Å². The molecule has 0 radical (unpaired) electrons. The van der Waals surface area contributed by atoms with Crippen molar-refractivity contribution in [3.8, 4) is 11.5 Å². The summed E-state index contributed by atoms with van der Waals surface area (Å²) in [6.07, 6.45) is 0.852. The molecule has 0 aromatic heterocycles. The Kier molecular flexibility index (Phi) is 5.61. The molecule has 0 aliphatic carbocycles. The molecule has 0 atom stereocenters. The van der Waals surface area contributed by atoms with Gasteiger partial charge in [-0.25, -0.2) is 0 Å². The van der Waals surface area contributed by atoms with Crippen LogP contribution in [0, 0.1) is 0 Å². The van der Waals surface area contributed by atoms with E-state index in [-0.39, 0.29) is 20.7 Å². The number of hydrogen-bond donors (Lipinski definition) is 0. The molecule has 0 aliphatic heterocycles. The zero-order chi connectivity index (χ0) is 18.7. The van der Waals surface area contributed by atoms with Crippen LogP contribution in [0.1, 0.15) is 13.3 Å². The zero-order valence-electron chi connectivity index (χ0n) is 13.9. The number of fused-ring (bicyclic) bond motifs is 1. The van der Waals surface area contributed by atoms with E-state index in [9.17, 15) is 8.42 Å². The summed E-state index contributed by atoms with van der Waals surface area (Å²) in [5.41, 5.74) is 0. The Morgan fingerprint density at radius 2 is 1.62 bits per heavy atom. The van der Waals surface area contributed by atoms with Crippen molar-refractivity contribution >= 4 is 44.1 Å². The van der Waals surface area contributed by atoms with Crippen LogP contribution in [-0.2, 0) is 10.1 Å². The largest absolute Gasteiger partial charge is 0.493 e. The molecular formula is C19H16Cl2O4S. The van der Waals surface area contributed by atoms with Crippen molar-refractivity contribution in [1.82, 2.24) is 0 Å². The molecule has 0 unspecified atom stereocenters. The second-order valence-electron chi connectivity index (χ2n) is 5.55. The predicted octanol–water partition coefficient (Wildman–Crippen LogP) is 5.70. The van der Waals surface area contributed by atoms with Gasteiger partial charge in [-0.15, -0.1) is 0 Å². The summed E-state index contributed by atoms with van der Waals surface area (Å²) < 4.78 is 36.6. The van der Waals surface area contributed by atoms with Crippen LogP contribution in [0.2, 0.25) is 10.0 Å². The number of ether oxygens (including phenoxy) is 1. The summed E-state index contributed by atoms with van der Waals surface area (Å²) in [6.45, 7) is 2.55. The van der Waals surface area contributed by atoms with Gasteiger partial charge in [0.05, 0.1) is 11.6 Å². The highest BCUT2D eigenvalue weighted by molar-refractivity contribution is 7.87. The molecule has 3 aromatic rings. The average molecular weight is 411 g/mol. The second-order valence-corrected chi connectivity index (χ2v) is 7.85. The molecule has 0 fully saturated rings. The van der Waals surface area contributed by atoms with Gasteiger partial charge >= 0.3 is 10.1 Å². The average Bonchev–Trinajstić information content (AvgIpc) is 2.63. The van der Waals surface area contributed by atoms with E-state index in [1.54, 1.807) is 30.3 Å². The van der Waals surface area contributed by atoms with Gasteiger partial charge in [-0.2, -0.15) is 8.42 Å². The van der Waals surface area contributed by atoms with Crippen LogP contribution in [-0.4, -0.2) is 15.0 Å². The zero-order valence-corrected chi connectivity index (χ0v) is 16.2. The van der Waals surface area contributed by atoms with Crippen LogP contribution in [0.25, 0.3) is 10.8 Å². The molecule has 7 heteroatoms. The highest BCUT2D eigenvalue weighted by atomic mass is 35.5. The molecule has 136 valence electrons. The number of hydrogen-bond acceptors (Lipinski definition) is 4. The molecule has 26 heavy (non-hydrogen) atoms. The van der Waals surface area contributed by atoms with Gasteiger partial charge in [-0.1, -0.05) is 60.5 Å². The first-order chi connectivity index (χ1) is 12.4. The van der Waals surface area contributed by atoms with Crippen molar-refractivity contribution in [2.45, 2.75) is 18.2 Å². The Hall–Kier alpha value is -1.95. The summed E-state index contributed by atoms with van der Waals surface area (Å²) in [7, 11) is -4.12. The smallest absolute Gasteiger partial charge is 0.339 e. The fourth-order valence-electron chi connectivity index (χ4n) is 2.51. The number of halogens is 2.